The third-order valence-corrected chi connectivity index (χ3v) is 3.32. The highest BCUT2D eigenvalue weighted by Gasteiger charge is 2.15. The molecule has 0 bridgehead atoms. The standard InChI is InChI=1S/C13H16N2O3/c1-15-11-3-2-9(7-12(11)18-13(15)16)6-10-8-14-4-5-17-10/h2-3,7,10,14H,4-6,8H2,1H3. The summed E-state index contributed by atoms with van der Waals surface area (Å²) in [5.41, 5.74) is 2.60. The first kappa shape index (κ1) is 11.5. The van der Waals surface area contributed by atoms with Gasteiger partial charge >= 0.3 is 5.76 Å². The number of nitrogens with one attached hydrogen (secondary N) is 1. The van der Waals surface area contributed by atoms with Crippen molar-refractivity contribution in [2.75, 3.05) is 19.7 Å². The van der Waals surface area contributed by atoms with E-state index < -0.39 is 0 Å². The summed E-state index contributed by atoms with van der Waals surface area (Å²) in [7, 11) is 1.71. The zero-order valence-electron chi connectivity index (χ0n) is 10.3. The van der Waals surface area contributed by atoms with E-state index in [1.54, 1.807) is 7.05 Å². The SMILES string of the molecule is Cn1c(=O)oc2cc(CC3CNCCO3)ccc21. The molecule has 1 atom stereocenters. The summed E-state index contributed by atoms with van der Waals surface area (Å²) in [6.45, 7) is 2.55. The lowest BCUT2D eigenvalue weighted by atomic mass is 10.1. The van der Waals surface area contributed by atoms with Crippen molar-refractivity contribution in [3.8, 4) is 0 Å². The Morgan fingerprint density at radius 1 is 1.50 bits per heavy atom. The highest BCUT2D eigenvalue weighted by molar-refractivity contribution is 5.73. The number of morpholine rings is 1. The van der Waals surface area contributed by atoms with Gasteiger partial charge in [0.05, 0.1) is 18.2 Å². The van der Waals surface area contributed by atoms with Gasteiger partial charge in [-0.25, -0.2) is 4.79 Å². The Hall–Kier alpha value is -1.59. The molecule has 1 unspecified atom stereocenters. The molecule has 3 rings (SSSR count). The van der Waals surface area contributed by atoms with Gasteiger partial charge in [-0.1, -0.05) is 6.07 Å². The molecule has 2 aromatic rings. The lowest BCUT2D eigenvalue weighted by Crippen LogP contribution is -2.39. The minimum absolute atomic E-state index is 0.201. The second kappa shape index (κ2) is 4.59. The second-order valence-electron chi connectivity index (χ2n) is 4.63. The van der Waals surface area contributed by atoms with Gasteiger partial charge in [0.15, 0.2) is 5.58 Å². The van der Waals surface area contributed by atoms with Crippen molar-refractivity contribution in [3.63, 3.8) is 0 Å². The van der Waals surface area contributed by atoms with Crippen molar-refractivity contribution < 1.29 is 9.15 Å². The Balaban J connectivity index is 1.86. The van der Waals surface area contributed by atoms with Crippen LogP contribution in [0.2, 0.25) is 0 Å². The van der Waals surface area contributed by atoms with Crippen LogP contribution in [0.4, 0.5) is 0 Å². The van der Waals surface area contributed by atoms with Crippen LogP contribution in [0.15, 0.2) is 27.4 Å². The first-order valence-corrected chi connectivity index (χ1v) is 6.15. The van der Waals surface area contributed by atoms with E-state index in [4.69, 9.17) is 9.15 Å². The second-order valence-corrected chi connectivity index (χ2v) is 4.63. The molecule has 1 aromatic carbocycles. The van der Waals surface area contributed by atoms with Gasteiger partial charge in [-0.15, -0.1) is 0 Å². The number of aryl methyl sites for hydroxylation is 1. The number of oxazole rings is 1. The number of rotatable bonds is 2. The van der Waals surface area contributed by atoms with Gasteiger partial charge in [0, 0.05) is 26.6 Å². The molecule has 5 nitrogen and oxygen atoms in total. The quantitative estimate of drug-likeness (QED) is 0.848. The molecule has 1 aromatic heterocycles. The molecule has 1 aliphatic heterocycles. The Morgan fingerprint density at radius 3 is 3.17 bits per heavy atom. The highest BCUT2D eigenvalue weighted by Crippen LogP contribution is 2.16. The Morgan fingerprint density at radius 2 is 2.39 bits per heavy atom. The van der Waals surface area contributed by atoms with Crippen molar-refractivity contribution in [2.45, 2.75) is 12.5 Å². The van der Waals surface area contributed by atoms with Crippen LogP contribution in [0, 0.1) is 0 Å². The van der Waals surface area contributed by atoms with Gasteiger partial charge in [-0.3, -0.25) is 4.57 Å². The fourth-order valence-electron chi connectivity index (χ4n) is 2.32. The zero-order chi connectivity index (χ0) is 12.5. The summed E-state index contributed by atoms with van der Waals surface area (Å²) in [4.78, 5) is 11.4. The van der Waals surface area contributed by atoms with Crippen LogP contribution >= 0.6 is 0 Å². The summed E-state index contributed by atoms with van der Waals surface area (Å²) >= 11 is 0. The molecule has 0 aliphatic carbocycles. The van der Waals surface area contributed by atoms with Crippen LogP contribution in [0.5, 0.6) is 0 Å². The molecule has 5 heteroatoms. The maximum absolute atomic E-state index is 11.4. The summed E-state index contributed by atoms with van der Waals surface area (Å²) in [6.07, 6.45) is 1.04. The molecule has 96 valence electrons. The number of nitrogens with zero attached hydrogens (tertiary/aromatic N) is 1. The number of aromatic nitrogens is 1. The van der Waals surface area contributed by atoms with Crippen LogP contribution in [0.25, 0.3) is 11.1 Å². The molecule has 0 amide bonds. The molecule has 1 N–H and O–H groups in total. The number of ether oxygens (including phenoxy) is 1. The Kier molecular flexibility index (Phi) is 2.93. The van der Waals surface area contributed by atoms with Gasteiger partial charge in [0.25, 0.3) is 0 Å². The topological polar surface area (TPSA) is 56.4 Å². The molecule has 1 fully saturated rings. The molecule has 18 heavy (non-hydrogen) atoms. The van der Waals surface area contributed by atoms with Gasteiger partial charge < -0.3 is 14.5 Å². The van der Waals surface area contributed by atoms with Gasteiger partial charge in [-0.05, 0) is 17.7 Å². The van der Waals surface area contributed by atoms with Crippen LogP contribution in [-0.2, 0) is 18.2 Å². The lowest BCUT2D eigenvalue weighted by Gasteiger charge is -2.23. The fraction of sp³-hybridized carbons (Fsp3) is 0.462. The lowest BCUT2D eigenvalue weighted by molar-refractivity contribution is 0.0292. The number of benzene rings is 1. The normalized spacial score (nSPS) is 20.4. The van der Waals surface area contributed by atoms with Gasteiger partial charge in [0.2, 0.25) is 0 Å². The highest BCUT2D eigenvalue weighted by atomic mass is 16.5. The minimum atomic E-state index is -0.322. The Labute approximate surface area is 104 Å². The van der Waals surface area contributed by atoms with E-state index in [0.29, 0.717) is 5.58 Å². The smallest absolute Gasteiger partial charge is 0.408 e. The van der Waals surface area contributed by atoms with E-state index in [-0.39, 0.29) is 11.9 Å². The average molecular weight is 248 g/mol. The Bertz CT molecular complexity index is 608. The molecular weight excluding hydrogens is 232 g/mol. The molecule has 1 saturated heterocycles. The van der Waals surface area contributed by atoms with Gasteiger partial charge in [0.1, 0.15) is 0 Å². The monoisotopic (exact) mass is 248 g/mol. The van der Waals surface area contributed by atoms with E-state index in [1.165, 1.54) is 4.57 Å². The molecular formula is C13H16N2O3. The number of hydrogen-bond acceptors (Lipinski definition) is 4. The number of fused-ring (bicyclic) bond motifs is 1. The van der Waals surface area contributed by atoms with Crippen molar-refractivity contribution in [1.82, 2.24) is 9.88 Å². The van der Waals surface area contributed by atoms with Crippen LogP contribution in [0.1, 0.15) is 5.56 Å². The zero-order valence-corrected chi connectivity index (χ0v) is 10.3. The van der Waals surface area contributed by atoms with Crippen LogP contribution in [-0.4, -0.2) is 30.4 Å². The van der Waals surface area contributed by atoms with Crippen LogP contribution in [0.3, 0.4) is 0 Å². The first-order chi connectivity index (χ1) is 8.74. The molecule has 0 radical (unpaired) electrons. The molecule has 2 heterocycles. The predicted molar refractivity (Wildman–Crippen MR) is 67.8 cm³/mol. The summed E-state index contributed by atoms with van der Waals surface area (Å²) < 4.78 is 12.4. The fourth-order valence-corrected chi connectivity index (χ4v) is 2.32. The molecule has 0 spiro atoms. The summed E-state index contributed by atoms with van der Waals surface area (Å²) in [5.74, 6) is -0.322. The van der Waals surface area contributed by atoms with E-state index in [0.717, 1.165) is 37.2 Å². The maximum Gasteiger partial charge on any atom is 0.419 e. The number of hydrogen-bond donors (Lipinski definition) is 1. The third-order valence-electron chi connectivity index (χ3n) is 3.32. The van der Waals surface area contributed by atoms with Crippen LogP contribution < -0.4 is 11.1 Å². The van der Waals surface area contributed by atoms with Crippen molar-refractivity contribution in [3.05, 3.63) is 34.3 Å². The maximum atomic E-state index is 11.4. The van der Waals surface area contributed by atoms with E-state index in [1.807, 2.05) is 18.2 Å². The minimum Gasteiger partial charge on any atom is -0.408 e. The third kappa shape index (κ3) is 2.07. The first-order valence-electron chi connectivity index (χ1n) is 6.15. The summed E-state index contributed by atoms with van der Waals surface area (Å²) in [5, 5.41) is 3.30. The van der Waals surface area contributed by atoms with E-state index in [9.17, 15) is 4.79 Å². The van der Waals surface area contributed by atoms with Gasteiger partial charge in [-0.2, -0.15) is 0 Å². The molecule has 1 aliphatic rings. The van der Waals surface area contributed by atoms with Crippen molar-refractivity contribution in [1.29, 1.82) is 0 Å². The van der Waals surface area contributed by atoms with Crippen molar-refractivity contribution in [2.24, 2.45) is 7.05 Å². The predicted octanol–water partition coefficient (Wildman–Crippen LogP) is 0.662. The van der Waals surface area contributed by atoms with E-state index >= 15 is 0 Å². The van der Waals surface area contributed by atoms with Crippen molar-refractivity contribution >= 4 is 11.1 Å². The molecule has 0 saturated carbocycles. The average Bonchev–Trinajstić information content (AvgIpc) is 2.66. The summed E-state index contributed by atoms with van der Waals surface area (Å²) in [6, 6.07) is 5.87. The largest absolute Gasteiger partial charge is 0.419 e. The van der Waals surface area contributed by atoms with E-state index in [2.05, 4.69) is 5.32 Å².